The minimum atomic E-state index is -0.335. The number of benzene rings is 1. The number of anilines is 1. The standard InChI is InChI=1S/C13H15FN2O2/c14-10-1-3-11(4-2-10)16-12(8-18-13(16)17)9-5-6-15-7-9/h1-4,9,12,15H,5-8H2. The summed E-state index contributed by atoms with van der Waals surface area (Å²) in [6, 6.07) is 6.03. The summed E-state index contributed by atoms with van der Waals surface area (Å²) in [6.45, 7) is 2.30. The number of carbonyl (C=O) groups excluding carboxylic acids is 1. The summed E-state index contributed by atoms with van der Waals surface area (Å²) in [4.78, 5) is 13.5. The van der Waals surface area contributed by atoms with Crippen molar-refractivity contribution in [2.24, 2.45) is 5.92 Å². The monoisotopic (exact) mass is 250 g/mol. The molecule has 0 spiro atoms. The molecule has 1 aromatic carbocycles. The van der Waals surface area contributed by atoms with Gasteiger partial charge in [0.15, 0.2) is 0 Å². The van der Waals surface area contributed by atoms with Gasteiger partial charge in [-0.3, -0.25) is 4.90 Å². The van der Waals surface area contributed by atoms with Crippen LogP contribution in [0.3, 0.4) is 0 Å². The summed E-state index contributed by atoms with van der Waals surface area (Å²) in [5, 5.41) is 3.29. The van der Waals surface area contributed by atoms with Crippen LogP contribution < -0.4 is 10.2 Å². The molecule has 2 heterocycles. The summed E-state index contributed by atoms with van der Waals surface area (Å²) in [6.07, 6.45) is 0.706. The van der Waals surface area contributed by atoms with Crippen LogP contribution in [-0.4, -0.2) is 31.8 Å². The van der Waals surface area contributed by atoms with Crippen molar-refractivity contribution in [3.63, 3.8) is 0 Å². The third-order valence-corrected chi connectivity index (χ3v) is 3.65. The fourth-order valence-electron chi connectivity index (χ4n) is 2.69. The van der Waals surface area contributed by atoms with E-state index in [1.54, 1.807) is 17.0 Å². The molecule has 96 valence electrons. The summed E-state index contributed by atoms with van der Waals surface area (Å²) >= 11 is 0. The molecule has 1 N–H and O–H groups in total. The highest BCUT2D eigenvalue weighted by atomic mass is 19.1. The van der Waals surface area contributed by atoms with Crippen LogP contribution in [0, 0.1) is 11.7 Å². The third kappa shape index (κ3) is 1.95. The maximum Gasteiger partial charge on any atom is 0.414 e. The second-order valence-electron chi connectivity index (χ2n) is 4.74. The van der Waals surface area contributed by atoms with Crippen molar-refractivity contribution in [3.8, 4) is 0 Å². The van der Waals surface area contributed by atoms with Crippen molar-refractivity contribution in [2.75, 3.05) is 24.6 Å². The molecule has 4 nitrogen and oxygen atoms in total. The number of cyclic esters (lactones) is 1. The molecule has 3 rings (SSSR count). The Kier molecular flexibility index (Phi) is 2.91. The van der Waals surface area contributed by atoms with Crippen molar-refractivity contribution >= 4 is 11.8 Å². The Morgan fingerprint density at radius 1 is 1.33 bits per heavy atom. The maximum absolute atomic E-state index is 12.9. The molecule has 18 heavy (non-hydrogen) atoms. The third-order valence-electron chi connectivity index (χ3n) is 3.65. The van der Waals surface area contributed by atoms with Gasteiger partial charge in [0.2, 0.25) is 0 Å². The number of ether oxygens (including phenoxy) is 1. The molecular weight excluding hydrogens is 235 g/mol. The van der Waals surface area contributed by atoms with Gasteiger partial charge in [-0.05, 0) is 43.1 Å². The van der Waals surface area contributed by atoms with Crippen molar-refractivity contribution in [1.29, 1.82) is 0 Å². The van der Waals surface area contributed by atoms with Gasteiger partial charge in [0.05, 0.1) is 6.04 Å². The topological polar surface area (TPSA) is 41.6 Å². The lowest BCUT2D eigenvalue weighted by Gasteiger charge is -2.25. The molecule has 0 radical (unpaired) electrons. The van der Waals surface area contributed by atoms with E-state index >= 15 is 0 Å². The van der Waals surface area contributed by atoms with Crippen LogP contribution in [0.2, 0.25) is 0 Å². The number of amides is 1. The van der Waals surface area contributed by atoms with Gasteiger partial charge in [-0.15, -0.1) is 0 Å². The SMILES string of the molecule is O=C1OCC(C2CCNC2)N1c1ccc(F)cc1. The Morgan fingerprint density at radius 3 is 2.78 bits per heavy atom. The van der Waals surface area contributed by atoms with E-state index in [0.29, 0.717) is 18.2 Å². The van der Waals surface area contributed by atoms with Gasteiger partial charge in [-0.25, -0.2) is 9.18 Å². The predicted octanol–water partition coefficient (Wildman–Crippen LogP) is 1.76. The van der Waals surface area contributed by atoms with E-state index in [-0.39, 0.29) is 18.0 Å². The smallest absolute Gasteiger partial charge is 0.414 e. The number of hydrogen-bond donors (Lipinski definition) is 1. The molecule has 2 atom stereocenters. The molecule has 2 unspecified atom stereocenters. The fraction of sp³-hybridized carbons (Fsp3) is 0.462. The molecule has 0 aliphatic carbocycles. The molecule has 2 fully saturated rings. The zero-order chi connectivity index (χ0) is 12.5. The van der Waals surface area contributed by atoms with E-state index in [2.05, 4.69) is 5.32 Å². The van der Waals surface area contributed by atoms with Crippen LogP contribution in [0.25, 0.3) is 0 Å². The first-order chi connectivity index (χ1) is 8.75. The fourth-order valence-corrected chi connectivity index (χ4v) is 2.69. The van der Waals surface area contributed by atoms with Crippen molar-refractivity contribution in [1.82, 2.24) is 5.32 Å². The number of halogens is 1. The van der Waals surface area contributed by atoms with Crippen LogP contribution in [0.5, 0.6) is 0 Å². The van der Waals surface area contributed by atoms with Gasteiger partial charge in [-0.1, -0.05) is 0 Å². The van der Waals surface area contributed by atoms with E-state index in [1.165, 1.54) is 12.1 Å². The molecule has 1 aromatic rings. The van der Waals surface area contributed by atoms with Gasteiger partial charge in [-0.2, -0.15) is 0 Å². The first kappa shape index (κ1) is 11.5. The second-order valence-corrected chi connectivity index (χ2v) is 4.74. The van der Waals surface area contributed by atoms with Gasteiger partial charge < -0.3 is 10.1 Å². The van der Waals surface area contributed by atoms with Gasteiger partial charge >= 0.3 is 6.09 Å². The van der Waals surface area contributed by atoms with Gasteiger partial charge in [0.1, 0.15) is 12.4 Å². The van der Waals surface area contributed by atoms with Crippen molar-refractivity contribution in [2.45, 2.75) is 12.5 Å². The Morgan fingerprint density at radius 2 is 2.11 bits per heavy atom. The zero-order valence-corrected chi connectivity index (χ0v) is 9.93. The predicted molar refractivity (Wildman–Crippen MR) is 65.0 cm³/mol. The molecule has 1 amide bonds. The average molecular weight is 250 g/mol. The minimum absolute atomic E-state index is 0.0537. The van der Waals surface area contributed by atoms with Crippen molar-refractivity contribution < 1.29 is 13.9 Å². The molecule has 2 aliphatic heterocycles. The number of carbonyl (C=O) groups is 1. The first-order valence-electron chi connectivity index (χ1n) is 6.18. The van der Waals surface area contributed by atoms with E-state index < -0.39 is 0 Å². The summed E-state index contributed by atoms with van der Waals surface area (Å²) in [5.41, 5.74) is 0.704. The second kappa shape index (κ2) is 4.57. The van der Waals surface area contributed by atoms with E-state index in [9.17, 15) is 9.18 Å². The van der Waals surface area contributed by atoms with E-state index in [1.807, 2.05) is 0 Å². The number of nitrogens with one attached hydrogen (secondary N) is 1. The highest BCUT2D eigenvalue weighted by molar-refractivity contribution is 5.90. The lowest BCUT2D eigenvalue weighted by atomic mass is 9.98. The number of rotatable bonds is 2. The van der Waals surface area contributed by atoms with Crippen LogP contribution >= 0.6 is 0 Å². The molecule has 5 heteroatoms. The average Bonchev–Trinajstić information content (AvgIpc) is 2.99. The van der Waals surface area contributed by atoms with Crippen molar-refractivity contribution in [3.05, 3.63) is 30.1 Å². The Balaban J connectivity index is 1.86. The lowest BCUT2D eigenvalue weighted by Crippen LogP contribution is -2.40. The normalized spacial score (nSPS) is 27.6. The summed E-state index contributed by atoms with van der Waals surface area (Å²) in [7, 11) is 0. The Hall–Kier alpha value is -1.62. The lowest BCUT2D eigenvalue weighted by molar-refractivity contribution is 0.176. The summed E-state index contributed by atoms with van der Waals surface area (Å²) in [5.74, 6) is 0.104. The number of nitrogens with zero attached hydrogens (tertiary/aromatic N) is 1. The molecule has 0 bridgehead atoms. The van der Waals surface area contributed by atoms with E-state index in [4.69, 9.17) is 4.74 Å². The first-order valence-corrected chi connectivity index (χ1v) is 6.18. The maximum atomic E-state index is 12.9. The molecular formula is C13H15FN2O2. The van der Waals surface area contributed by atoms with Crippen LogP contribution in [0.1, 0.15) is 6.42 Å². The Bertz CT molecular complexity index is 443. The highest BCUT2D eigenvalue weighted by Crippen LogP contribution is 2.29. The minimum Gasteiger partial charge on any atom is -0.447 e. The van der Waals surface area contributed by atoms with Gasteiger partial charge in [0.25, 0.3) is 0 Å². The molecule has 2 aliphatic rings. The van der Waals surface area contributed by atoms with Crippen LogP contribution in [-0.2, 0) is 4.74 Å². The molecule has 0 saturated carbocycles. The Labute approximate surface area is 105 Å². The van der Waals surface area contributed by atoms with Gasteiger partial charge in [0, 0.05) is 12.2 Å². The molecule has 2 saturated heterocycles. The largest absolute Gasteiger partial charge is 0.447 e. The quantitative estimate of drug-likeness (QED) is 0.869. The van der Waals surface area contributed by atoms with Crippen LogP contribution in [0.4, 0.5) is 14.9 Å². The zero-order valence-electron chi connectivity index (χ0n) is 9.93. The highest BCUT2D eigenvalue weighted by Gasteiger charge is 2.40. The number of hydrogen-bond acceptors (Lipinski definition) is 3. The summed E-state index contributed by atoms with van der Waals surface area (Å²) < 4.78 is 18.1. The molecule has 0 aromatic heterocycles. The van der Waals surface area contributed by atoms with E-state index in [0.717, 1.165) is 19.5 Å². The van der Waals surface area contributed by atoms with Crippen LogP contribution in [0.15, 0.2) is 24.3 Å².